The molecule has 0 aromatic heterocycles. The SMILES string of the molecule is CCC1CC1.CCC1CCC1.CCCC.CCOC.CCc1ccccc1. The monoisotopic (exact) mass is 378 g/mol. The lowest BCUT2D eigenvalue weighted by molar-refractivity contribution is 0.215. The predicted molar refractivity (Wildman–Crippen MR) is 125 cm³/mol. The highest BCUT2D eigenvalue weighted by Gasteiger charge is 2.17. The van der Waals surface area contributed by atoms with Gasteiger partial charge in [0.1, 0.15) is 0 Å². The van der Waals surface area contributed by atoms with E-state index in [2.05, 4.69) is 63.6 Å². The first-order chi connectivity index (χ1) is 13.1. The first kappa shape index (κ1) is 28.4. The third-order valence-electron chi connectivity index (χ3n) is 5.12. The molecule has 1 nitrogen and oxygen atoms in total. The van der Waals surface area contributed by atoms with E-state index in [1.807, 2.05) is 13.0 Å². The molecule has 3 rings (SSSR count). The smallest absolute Gasteiger partial charge is 0.0433 e. The van der Waals surface area contributed by atoms with Gasteiger partial charge in [0.2, 0.25) is 0 Å². The number of benzene rings is 1. The summed E-state index contributed by atoms with van der Waals surface area (Å²) in [6, 6.07) is 10.5. The van der Waals surface area contributed by atoms with Gasteiger partial charge in [-0.15, -0.1) is 0 Å². The van der Waals surface area contributed by atoms with E-state index in [1.165, 1.54) is 63.4 Å². The van der Waals surface area contributed by atoms with Crippen molar-refractivity contribution >= 4 is 0 Å². The number of aryl methyl sites for hydroxylation is 1. The number of methoxy groups -OCH3 is 1. The van der Waals surface area contributed by atoms with Crippen LogP contribution in [0.25, 0.3) is 0 Å². The van der Waals surface area contributed by atoms with Crippen LogP contribution in [0.1, 0.15) is 105 Å². The molecule has 2 saturated carbocycles. The molecule has 0 amide bonds. The van der Waals surface area contributed by atoms with Crippen LogP contribution in [-0.4, -0.2) is 13.7 Å². The Kier molecular flexibility index (Phi) is 24.4. The number of ether oxygens (including phenoxy) is 1. The van der Waals surface area contributed by atoms with E-state index in [9.17, 15) is 0 Å². The maximum atomic E-state index is 4.54. The number of unbranched alkanes of at least 4 members (excludes halogenated alkanes) is 1. The molecule has 1 heteroatoms. The van der Waals surface area contributed by atoms with Gasteiger partial charge in [-0.3, -0.25) is 0 Å². The summed E-state index contributed by atoms with van der Waals surface area (Å²) in [5.41, 5.74) is 1.41. The van der Waals surface area contributed by atoms with Gasteiger partial charge < -0.3 is 4.74 Å². The van der Waals surface area contributed by atoms with E-state index >= 15 is 0 Å². The lowest BCUT2D eigenvalue weighted by Gasteiger charge is -2.22. The minimum Gasteiger partial charge on any atom is -0.385 e. The van der Waals surface area contributed by atoms with Crippen LogP contribution in [0.15, 0.2) is 30.3 Å². The second-order valence-electron chi connectivity index (χ2n) is 7.47. The molecule has 0 spiro atoms. The molecule has 2 fully saturated rings. The average Bonchev–Trinajstić information content (AvgIpc) is 3.54. The summed E-state index contributed by atoms with van der Waals surface area (Å²) in [5, 5.41) is 0. The number of hydrogen-bond donors (Lipinski definition) is 0. The van der Waals surface area contributed by atoms with Crippen molar-refractivity contribution in [1.29, 1.82) is 0 Å². The molecule has 0 saturated heterocycles. The molecular weight excluding hydrogens is 328 g/mol. The fraction of sp³-hybridized carbons (Fsp3) is 0.769. The first-order valence-electron chi connectivity index (χ1n) is 11.7. The zero-order valence-corrected chi connectivity index (χ0v) is 19.7. The van der Waals surface area contributed by atoms with Crippen molar-refractivity contribution in [3.8, 4) is 0 Å². The fourth-order valence-corrected chi connectivity index (χ4v) is 2.14. The Hall–Kier alpha value is -0.820. The second-order valence-corrected chi connectivity index (χ2v) is 7.47. The molecule has 27 heavy (non-hydrogen) atoms. The van der Waals surface area contributed by atoms with Crippen LogP contribution in [0.4, 0.5) is 0 Å². The van der Waals surface area contributed by atoms with Crippen LogP contribution in [0.2, 0.25) is 0 Å². The quantitative estimate of drug-likeness (QED) is 0.497. The van der Waals surface area contributed by atoms with Gasteiger partial charge in [-0.05, 0) is 30.7 Å². The van der Waals surface area contributed by atoms with Gasteiger partial charge in [-0.2, -0.15) is 0 Å². The van der Waals surface area contributed by atoms with Gasteiger partial charge in [-0.1, -0.05) is 123 Å². The summed E-state index contributed by atoms with van der Waals surface area (Å²) < 4.78 is 4.54. The second kappa shape index (κ2) is 23.2. The average molecular weight is 379 g/mol. The summed E-state index contributed by atoms with van der Waals surface area (Å²) >= 11 is 0. The zero-order chi connectivity index (χ0) is 20.8. The van der Waals surface area contributed by atoms with Gasteiger partial charge in [0, 0.05) is 13.7 Å². The highest BCUT2D eigenvalue weighted by Crippen LogP contribution is 2.31. The summed E-state index contributed by atoms with van der Waals surface area (Å²) in [4.78, 5) is 0. The normalized spacial score (nSPS) is 14.5. The molecule has 2 aliphatic carbocycles. The largest absolute Gasteiger partial charge is 0.385 e. The maximum absolute atomic E-state index is 4.54. The van der Waals surface area contributed by atoms with Crippen LogP contribution in [0.5, 0.6) is 0 Å². The van der Waals surface area contributed by atoms with E-state index in [0.717, 1.165) is 24.9 Å². The zero-order valence-electron chi connectivity index (χ0n) is 19.7. The van der Waals surface area contributed by atoms with Crippen LogP contribution < -0.4 is 0 Å². The van der Waals surface area contributed by atoms with Crippen molar-refractivity contribution in [1.82, 2.24) is 0 Å². The molecule has 1 aromatic rings. The number of hydrogen-bond acceptors (Lipinski definition) is 1. The summed E-state index contributed by atoms with van der Waals surface area (Å²) in [6.45, 7) is 13.8. The highest BCUT2D eigenvalue weighted by atomic mass is 16.5. The Bertz CT molecular complexity index is 341. The van der Waals surface area contributed by atoms with E-state index in [4.69, 9.17) is 0 Å². The molecule has 0 atom stereocenters. The molecule has 2 aliphatic rings. The van der Waals surface area contributed by atoms with Crippen LogP contribution >= 0.6 is 0 Å². The Morgan fingerprint density at radius 3 is 1.30 bits per heavy atom. The minimum absolute atomic E-state index is 0.819. The highest BCUT2D eigenvalue weighted by molar-refractivity contribution is 5.13. The lowest BCUT2D eigenvalue weighted by atomic mass is 9.84. The fourth-order valence-electron chi connectivity index (χ4n) is 2.14. The Labute approximate surface area is 172 Å². The molecule has 0 bridgehead atoms. The van der Waals surface area contributed by atoms with E-state index in [0.29, 0.717) is 0 Å². The lowest BCUT2D eigenvalue weighted by Crippen LogP contribution is -2.08. The maximum Gasteiger partial charge on any atom is 0.0433 e. The molecule has 0 N–H and O–H groups in total. The molecule has 0 unspecified atom stereocenters. The van der Waals surface area contributed by atoms with E-state index in [1.54, 1.807) is 7.11 Å². The van der Waals surface area contributed by atoms with Gasteiger partial charge in [-0.25, -0.2) is 0 Å². The van der Waals surface area contributed by atoms with Crippen LogP contribution in [-0.2, 0) is 11.2 Å². The Balaban J connectivity index is 0. The number of rotatable bonds is 5. The van der Waals surface area contributed by atoms with Crippen molar-refractivity contribution in [2.24, 2.45) is 11.8 Å². The molecular formula is C26H50O. The Morgan fingerprint density at radius 2 is 1.19 bits per heavy atom. The summed E-state index contributed by atoms with van der Waals surface area (Å²) in [6.07, 6.45) is 14.2. The Morgan fingerprint density at radius 1 is 0.741 bits per heavy atom. The third kappa shape index (κ3) is 23.1. The van der Waals surface area contributed by atoms with Gasteiger partial charge in [0.05, 0.1) is 0 Å². The molecule has 0 radical (unpaired) electrons. The van der Waals surface area contributed by atoms with Crippen molar-refractivity contribution in [2.45, 2.75) is 106 Å². The van der Waals surface area contributed by atoms with E-state index in [-0.39, 0.29) is 0 Å². The molecule has 0 aliphatic heterocycles. The van der Waals surface area contributed by atoms with Crippen molar-refractivity contribution in [2.75, 3.05) is 13.7 Å². The van der Waals surface area contributed by atoms with Crippen LogP contribution in [0, 0.1) is 11.8 Å². The van der Waals surface area contributed by atoms with Gasteiger partial charge in [0.15, 0.2) is 0 Å². The van der Waals surface area contributed by atoms with Crippen molar-refractivity contribution in [3.05, 3.63) is 35.9 Å². The van der Waals surface area contributed by atoms with Gasteiger partial charge in [0.25, 0.3) is 0 Å². The third-order valence-corrected chi connectivity index (χ3v) is 5.12. The van der Waals surface area contributed by atoms with E-state index < -0.39 is 0 Å². The molecule has 0 heterocycles. The summed E-state index contributed by atoms with van der Waals surface area (Å²) in [7, 11) is 1.68. The summed E-state index contributed by atoms with van der Waals surface area (Å²) in [5.74, 6) is 2.25. The molecule has 160 valence electrons. The van der Waals surface area contributed by atoms with Gasteiger partial charge >= 0.3 is 0 Å². The topological polar surface area (TPSA) is 9.23 Å². The minimum atomic E-state index is 0.819. The predicted octanol–water partition coefficient (Wildman–Crippen LogP) is 8.71. The first-order valence-corrected chi connectivity index (χ1v) is 11.7. The molecule has 1 aromatic carbocycles. The van der Waals surface area contributed by atoms with Crippen LogP contribution in [0.3, 0.4) is 0 Å². The van der Waals surface area contributed by atoms with Crippen molar-refractivity contribution < 1.29 is 4.74 Å². The van der Waals surface area contributed by atoms with Crippen molar-refractivity contribution in [3.63, 3.8) is 0 Å². The standard InChI is InChI=1S/C8H10.C6H12.C5H10.C4H10.C3H8O/c1-2-8-6-4-3-5-7-8;1-2-6-4-3-5-6;1-2-5-3-4-5;2*1-3-4-2/h3-7H,2H2,1H3;6H,2-5H2,1H3;5H,2-4H2,1H3;3-4H2,1-2H3;3H2,1-2H3.